The lowest BCUT2D eigenvalue weighted by molar-refractivity contribution is 0.0302. The van der Waals surface area contributed by atoms with Crippen LogP contribution in [-0.2, 0) is 0 Å². The van der Waals surface area contributed by atoms with Gasteiger partial charge in [0.05, 0.1) is 12.7 Å². The van der Waals surface area contributed by atoms with E-state index < -0.39 is 6.10 Å². The zero-order valence-electron chi connectivity index (χ0n) is 4.91. The molecular weight excluding hydrogens is 108 g/mol. The fraction of sp³-hybridized carbons (Fsp3) is 1.00. The van der Waals surface area contributed by atoms with Crippen molar-refractivity contribution < 1.29 is 15.3 Å². The van der Waals surface area contributed by atoms with E-state index in [9.17, 15) is 0 Å². The Balaban J connectivity index is 3.29. The SMILES string of the molecule is C[C@@H](CO)[C@H](O)CO. The van der Waals surface area contributed by atoms with Gasteiger partial charge in [-0.1, -0.05) is 6.92 Å². The van der Waals surface area contributed by atoms with Gasteiger partial charge in [0, 0.05) is 12.5 Å². The predicted molar refractivity (Wildman–Crippen MR) is 29.3 cm³/mol. The maximum atomic E-state index is 8.72. The number of aliphatic hydroxyl groups is 3. The van der Waals surface area contributed by atoms with Gasteiger partial charge in [-0.3, -0.25) is 0 Å². The van der Waals surface area contributed by atoms with Crippen LogP contribution in [0.15, 0.2) is 0 Å². The van der Waals surface area contributed by atoms with E-state index >= 15 is 0 Å². The van der Waals surface area contributed by atoms with Gasteiger partial charge in [0.2, 0.25) is 0 Å². The molecule has 0 bridgehead atoms. The van der Waals surface area contributed by atoms with Crippen LogP contribution < -0.4 is 0 Å². The molecule has 2 atom stereocenters. The summed E-state index contributed by atoms with van der Waals surface area (Å²) in [6.07, 6.45) is -0.778. The molecule has 0 radical (unpaired) electrons. The van der Waals surface area contributed by atoms with Crippen LogP contribution in [0.3, 0.4) is 0 Å². The monoisotopic (exact) mass is 120 g/mol. The number of hydrogen-bond donors (Lipinski definition) is 3. The van der Waals surface area contributed by atoms with Crippen LogP contribution in [0.1, 0.15) is 6.92 Å². The molecule has 0 heterocycles. The normalized spacial score (nSPS) is 18.0. The molecule has 3 heteroatoms. The third-order valence-corrected chi connectivity index (χ3v) is 1.13. The first-order chi connectivity index (χ1) is 3.72. The smallest absolute Gasteiger partial charge is 0.0818 e. The van der Waals surface area contributed by atoms with Gasteiger partial charge >= 0.3 is 0 Å². The molecule has 0 aromatic rings. The molecule has 0 aliphatic heterocycles. The summed E-state index contributed by atoms with van der Waals surface area (Å²) < 4.78 is 0. The summed E-state index contributed by atoms with van der Waals surface area (Å²) in [4.78, 5) is 0. The van der Waals surface area contributed by atoms with E-state index in [1.807, 2.05) is 0 Å². The maximum Gasteiger partial charge on any atom is 0.0818 e. The molecule has 0 aliphatic carbocycles. The maximum absolute atomic E-state index is 8.72. The fourth-order valence-electron chi connectivity index (χ4n) is 0.302. The van der Waals surface area contributed by atoms with Gasteiger partial charge in [-0.25, -0.2) is 0 Å². The number of aliphatic hydroxyl groups excluding tert-OH is 3. The highest BCUT2D eigenvalue weighted by Crippen LogP contribution is 1.98. The van der Waals surface area contributed by atoms with Gasteiger partial charge in [-0.2, -0.15) is 0 Å². The summed E-state index contributed by atoms with van der Waals surface area (Å²) in [6.45, 7) is 1.31. The second-order valence-electron chi connectivity index (χ2n) is 1.91. The van der Waals surface area contributed by atoms with Crippen LogP contribution >= 0.6 is 0 Å². The Morgan fingerprint density at radius 3 is 1.88 bits per heavy atom. The van der Waals surface area contributed by atoms with Crippen molar-refractivity contribution >= 4 is 0 Å². The molecule has 0 aliphatic rings. The Kier molecular flexibility index (Phi) is 3.77. The molecule has 50 valence electrons. The highest BCUT2D eigenvalue weighted by atomic mass is 16.3. The molecule has 0 amide bonds. The van der Waals surface area contributed by atoms with Crippen molar-refractivity contribution in [2.24, 2.45) is 5.92 Å². The molecule has 3 nitrogen and oxygen atoms in total. The van der Waals surface area contributed by atoms with E-state index in [0.717, 1.165) is 0 Å². The van der Waals surface area contributed by atoms with E-state index in [4.69, 9.17) is 15.3 Å². The molecular formula is C5H12O3. The van der Waals surface area contributed by atoms with Crippen LogP contribution in [0.4, 0.5) is 0 Å². The fourth-order valence-corrected chi connectivity index (χ4v) is 0.302. The van der Waals surface area contributed by atoms with Gasteiger partial charge in [0.15, 0.2) is 0 Å². The van der Waals surface area contributed by atoms with Crippen molar-refractivity contribution in [1.29, 1.82) is 0 Å². The van der Waals surface area contributed by atoms with E-state index in [1.165, 1.54) is 0 Å². The Bertz CT molecular complexity index is 47.6. The Hall–Kier alpha value is -0.120. The Labute approximate surface area is 48.6 Å². The molecule has 3 N–H and O–H groups in total. The van der Waals surface area contributed by atoms with Gasteiger partial charge in [0.25, 0.3) is 0 Å². The third-order valence-electron chi connectivity index (χ3n) is 1.13. The molecule has 0 spiro atoms. The van der Waals surface area contributed by atoms with Crippen LogP contribution in [0.25, 0.3) is 0 Å². The standard InChI is InChI=1S/C5H12O3/c1-4(2-6)5(8)3-7/h4-8H,2-3H2,1H3/t4-,5+/m0/s1. The van der Waals surface area contributed by atoms with Crippen molar-refractivity contribution in [3.05, 3.63) is 0 Å². The number of hydrogen-bond acceptors (Lipinski definition) is 3. The van der Waals surface area contributed by atoms with E-state index in [0.29, 0.717) is 0 Å². The van der Waals surface area contributed by atoms with Crippen LogP contribution in [-0.4, -0.2) is 34.6 Å². The molecule has 0 rings (SSSR count). The van der Waals surface area contributed by atoms with Crippen molar-refractivity contribution in [2.45, 2.75) is 13.0 Å². The minimum atomic E-state index is -0.778. The molecule has 0 aromatic heterocycles. The lowest BCUT2D eigenvalue weighted by Gasteiger charge is -2.11. The summed E-state index contributed by atoms with van der Waals surface area (Å²) in [7, 11) is 0. The van der Waals surface area contributed by atoms with E-state index in [1.54, 1.807) is 6.92 Å². The lowest BCUT2D eigenvalue weighted by atomic mass is 10.1. The van der Waals surface area contributed by atoms with Crippen molar-refractivity contribution in [3.8, 4) is 0 Å². The summed E-state index contributed by atoms with van der Waals surface area (Å²) in [6, 6.07) is 0. The van der Waals surface area contributed by atoms with Gasteiger partial charge in [-0.15, -0.1) is 0 Å². The minimum Gasteiger partial charge on any atom is -0.396 e. The van der Waals surface area contributed by atoms with Gasteiger partial charge in [0.1, 0.15) is 0 Å². The summed E-state index contributed by atoms with van der Waals surface area (Å²) in [5.41, 5.74) is 0. The molecule has 0 saturated heterocycles. The number of rotatable bonds is 3. The first kappa shape index (κ1) is 7.88. The van der Waals surface area contributed by atoms with E-state index in [-0.39, 0.29) is 19.1 Å². The highest BCUT2D eigenvalue weighted by molar-refractivity contribution is 4.59. The zero-order chi connectivity index (χ0) is 6.57. The minimum absolute atomic E-state index is 0.0816. The molecule has 8 heavy (non-hydrogen) atoms. The quantitative estimate of drug-likeness (QED) is 0.446. The molecule has 0 aromatic carbocycles. The summed E-state index contributed by atoms with van der Waals surface area (Å²) in [5, 5.41) is 25.4. The van der Waals surface area contributed by atoms with Crippen LogP contribution in [0.5, 0.6) is 0 Å². The summed E-state index contributed by atoms with van der Waals surface area (Å²) in [5.74, 6) is -0.222. The van der Waals surface area contributed by atoms with Crippen LogP contribution in [0.2, 0.25) is 0 Å². The molecule has 0 unspecified atom stereocenters. The lowest BCUT2D eigenvalue weighted by Crippen LogP contribution is -2.24. The topological polar surface area (TPSA) is 60.7 Å². The first-order valence-electron chi connectivity index (χ1n) is 2.62. The van der Waals surface area contributed by atoms with Gasteiger partial charge in [-0.05, 0) is 0 Å². The Morgan fingerprint density at radius 1 is 1.25 bits per heavy atom. The van der Waals surface area contributed by atoms with Crippen molar-refractivity contribution in [1.82, 2.24) is 0 Å². The van der Waals surface area contributed by atoms with E-state index in [2.05, 4.69) is 0 Å². The molecule has 0 saturated carbocycles. The average Bonchev–Trinajstić information content (AvgIpc) is 1.84. The van der Waals surface area contributed by atoms with Crippen LogP contribution in [0, 0.1) is 5.92 Å². The zero-order valence-corrected chi connectivity index (χ0v) is 4.91. The van der Waals surface area contributed by atoms with Crippen molar-refractivity contribution in [3.63, 3.8) is 0 Å². The highest BCUT2D eigenvalue weighted by Gasteiger charge is 2.10. The molecule has 0 fully saturated rings. The summed E-state index contributed by atoms with van der Waals surface area (Å²) >= 11 is 0. The average molecular weight is 120 g/mol. The van der Waals surface area contributed by atoms with Crippen molar-refractivity contribution in [2.75, 3.05) is 13.2 Å². The first-order valence-corrected chi connectivity index (χ1v) is 2.62. The largest absolute Gasteiger partial charge is 0.396 e. The van der Waals surface area contributed by atoms with Gasteiger partial charge < -0.3 is 15.3 Å². The Morgan fingerprint density at radius 2 is 1.75 bits per heavy atom. The second kappa shape index (κ2) is 3.83. The third kappa shape index (κ3) is 2.26. The second-order valence-corrected chi connectivity index (χ2v) is 1.91. The predicted octanol–water partition coefficient (Wildman–Crippen LogP) is -1.03.